The smallest absolute Gasteiger partial charge is 0.255 e. The summed E-state index contributed by atoms with van der Waals surface area (Å²) >= 11 is 1.35. The van der Waals surface area contributed by atoms with Crippen LogP contribution < -0.4 is 5.73 Å². The predicted molar refractivity (Wildman–Crippen MR) is 42.3 cm³/mol. The molecule has 0 fully saturated rings. The monoisotopic (exact) mass is 174 g/mol. The topological polar surface area (TPSA) is 72.3 Å². The number of thioether (sulfide) groups is 1. The van der Waals surface area contributed by atoms with Gasteiger partial charge in [-0.3, -0.25) is 0 Å². The number of nitrogens with two attached hydrogens (primary N) is 1. The molecule has 0 saturated carbocycles. The summed E-state index contributed by atoms with van der Waals surface area (Å²) in [6.45, 7) is 0.272. The Labute approximate surface area is 68.8 Å². The highest BCUT2D eigenvalue weighted by Gasteiger charge is 2.04. The Kier molecular flexibility index (Phi) is 3.41. The lowest BCUT2D eigenvalue weighted by Gasteiger charge is -2.03. The maximum absolute atomic E-state index is 9.04. The van der Waals surface area contributed by atoms with Crippen molar-refractivity contribution in [3.8, 4) is 0 Å². The van der Waals surface area contributed by atoms with Gasteiger partial charge in [0.15, 0.2) is 0 Å². The molecular weight excluding hydrogens is 164 g/mol. The lowest BCUT2D eigenvalue weighted by Crippen LogP contribution is -2.21. The van der Waals surface area contributed by atoms with Crippen molar-refractivity contribution < 1.29 is 9.52 Å². The van der Waals surface area contributed by atoms with E-state index in [0.717, 1.165) is 0 Å². The third-order valence-corrected chi connectivity index (χ3v) is 2.08. The highest BCUT2D eigenvalue weighted by atomic mass is 32.2. The van der Waals surface area contributed by atoms with E-state index in [1.165, 1.54) is 18.0 Å². The maximum Gasteiger partial charge on any atom is 0.255 e. The highest BCUT2D eigenvalue weighted by Crippen LogP contribution is 2.14. The molecule has 0 radical (unpaired) electrons. The fourth-order valence-electron chi connectivity index (χ4n) is 0.517. The van der Waals surface area contributed by atoms with Crippen LogP contribution in [-0.2, 0) is 0 Å². The number of aromatic nitrogens is 1. The van der Waals surface area contributed by atoms with Crippen molar-refractivity contribution in [1.29, 1.82) is 0 Å². The van der Waals surface area contributed by atoms with Crippen molar-refractivity contribution in [1.82, 2.24) is 4.98 Å². The summed E-state index contributed by atoms with van der Waals surface area (Å²) in [5.74, 6) is 0.525. The highest BCUT2D eigenvalue weighted by molar-refractivity contribution is 7.99. The second kappa shape index (κ2) is 4.38. The Bertz CT molecular complexity index is 190. The standard InChI is InChI=1S/C6H10N2O2S/c7-3-5(9)4-11-6-8-1-2-10-6/h1-2,5,9H,3-4,7H2/t5-/m0/s1. The molecule has 0 spiro atoms. The number of nitrogens with zero attached hydrogens (tertiary/aromatic N) is 1. The average Bonchev–Trinajstić information content (AvgIpc) is 2.52. The third-order valence-electron chi connectivity index (χ3n) is 1.08. The van der Waals surface area contributed by atoms with E-state index < -0.39 is 6.10 Å². The van der Waals surface area contributed by atoms with Gasteiger partial charge in [-0.1, -0.05) is 11.8 Å². The Morgan fingerprint density at radius 2 is 2.64 bits per heavy atom. The minimum atomic E-state index is -0.480. The summed E-state index contributed by atoms with van der Waals surface area (Å²) < 4.78 is 4.93. The van der Waals surface area contributed by atoms with Gasteiger partial charge in [0, 0.05) is 12.3 Å². The quantitative estimate of drug-likeness (QED) is 0.633. The molecule has 62 valence electrons. The first-order valence-corrected chi connectivity index (χ1v) is 4.22. The minimum Gasteiger partial charge on any atom is -0.440 e. The van der Waals surface area contributed by atoms with Crippen molar-refractivity contribution in [2.75, 3.05) is 12.3 Å². The van der Waals surface area contributed by atoms with Crippen LogP contribution in [0.4, 0.5) is 0 Å². The fourth-order valence-corrected chi connectivity index (χ4v) is 1.25. The molecule has 3 N–H and O–H groups in total. The van der Waals surface area contributed by atoms with E-state index in [4.69, 9.17) is 15.3 Å². The summed E-state index contributed by atoms with van der Waals surface area (Å²) in [6, 6.07) is 0. The molecule has 0 saturated heterocycles. The Morgan fingerprint density at radius 3 is 3.18 bits per heavy atom. The van der Waals surface area contributed by atoms with Gasteiger partial charge in [0.05, 0.1) is 12.3 Å². The molecule has 11 heavy (non-hydrogen) atoms. The van der Waals surface area contributed by atoms with E-state index >= 15 is 0 Å². The van der Waals surface area contributed by atoms with E-state index in [-0.39, 0.29) is 6.54 Å². The van der Waals surface area contributed by atoms with E-state index in [2.05, 4.69) is 4.98 Å². The van der Waals surface area contributed by atoms with Crippen molar-refractivity contribution >= 4 is 11.8 Å². The van der Waals surface area contributed by atoms with Gasteiger partial charge in [-0.05, 0) is 0 Å². The normalized spacial score (nSPS) is 13.3. The van der Waals surface area contributed by atoms with Crippen LogP contribution in [0.25, 0.3) is 0 Å². The lowest BCUT2D eigenvalue weighted by atomic mass is 10.4. The second-order valence-electron chi connectivity index (χ2n) is 2.00. The molecule has 0 aromatic carbocycles. The van der Waals surface area contributed by atoms with Gasteiger partial charge >= 0.3 is 0 Å². The zero-order chi connectivity index (χ0) is 8.10. The summed E-state index contributed by atoms with van der Waals surface area (Å²) in [4.78, 5) is 3.87. The minimum absolute atomic E-state index is 0.272. The molecule has 1 atom stereocenters. The summed E-state index contributed by atoms with van der Waals surface area (Å²) in [5, 5.41) is 9.61. The van der Waals surface area contributed by atoms with Gasteiger partial charge in [0.25, 0.3) is 5.22 Å². The van der Waals surface area contributed by atoms with Gasteiger partial charge in [0.2, 0.25) is 0 Å². The van der Waals surface area contributed by atoms with Crippen LogP contribution in [0, 0.1) is 0 Å². The Hall–Kier alpha value is -0.520. The summed E-state index contributed by atoms with van der Waals surface area (Å²) in [6.07, 6.45) is 2.58. The molecule has 5 heteroatoms. The number of rotatable bonds is 4. The Balaban J connectivity index is 2.23. The van der Waals surface area contributed by atoms with Crippen LogP contribution in [-0.4, -0.2) is 28.5 Å². The average molecular weight is 174 g/mol. The van der Waals surface area contributed by atoms with E-state index in [1.54, 1.807) is 6.20 Å². The first-order valence-electron chi connectivity index (χ1n) is 3.23. The molecular formula is C6H10N2O2S. The van der Waals surface area contributed by atoms with E-state index in [9.17, 15) is 0 Å². The Morgan fingerprint density at radius 1 is 1.82 bits per heavy atom. The molecule has 0 aliphatic heterocycles. The lowest BCUT2D eigenvalue weighted by molar-refractivity contribution is 0.207. The zero-order valence-electron chi connectivity index (χ0n) is 5.93. The SMILES string of the molecule is NC[C@H](O)CSc1ncco1. The number of aliphatic hydroxyl groups is 1. The maximum atomic E-state index is 9.04. The van der Waals surface area contributed by atoms with Crippen molar-refractivity contribution in [3.63, 3.8) is 0 Å². The third kappa shape index (κ3) is 2.92. The van der Waals surface area contributed by atoms with Crippen LogP contribution >= 0.6 is 11.8 Å². The number of oxazole rings is 1. The van der Waals surface area contributed by atoms with E-state index in [1.807, 2.05) is 0 Å². The number of hydrogen-bond donors (Lipinski definition) is 2. The molecule has 4 nitrogen and oxygen atoms in total. The number of aliphatic hydroxyl groups excluding tert-OH is 1. The van der Waals surface area contributed by atoms with Crippen molar-refractivity contribution in [2.24, 2.45) is 5.73 Å². The molecule has 0 aliphatic carbocycles. The molecule has 0 aliphatic rings. The first-order chi connectivity index (χ1) is 5.33. The largest absolute Gasteiger partial charge is 0.440 e. The van der Waals surface area contributed by atoms with Crippen LogP contribution in [0.2, 0.25) is 0 Å². The van der Waals surface area contributed by atoms with Crippen LogP contribution in [0.5, 0.6) is 0 Å². The number of hydrogen-bond acceptors (Lipinski definition) is 5. The van der Waals surface area contributed by atoms with Gasteiger partial charge in [0.1, 0.15) is 6.26 Å². The summed E-state index contributed by atoms with van der Waals surface area (Å²) in [7, 11) is 0. The van der Waals surface area contributed by atoms with Gasteiger partial charge in [-0.25, -0.2) is 4.98 Å². The molecule has 1 rings (SSSR count). The van der Waals surface area contributed by atoms with Gasteiger partial charge < -0.3 is 15.3 Å². The first kappa shape index (κ1) is 8.58. The van der Waals surface area contributed by atoms with Gasteiger partial charge in [-0.15, -0.1) is 0 Å². The van der Waals surface area contributed by atoms with Crippen LogP contribution in [0.15, 0.2) is 22.1 Å². The molecule has 0 amide bonds. The van der Waals surface area contributed by atoms with Crippen LogP contribution in [0.3, 0.4) is 0 Å². The molecule has 1 heterocycles. The van der Waals surface area contributed by atoms with E-state index in [0.29, 0.717) is 11.0 Å². The second-order valence-corrected chi connectivity index (χ2v) is 2.97. The molecule has 0 bridgehead atoms. The van der Waals surface area contributed by atoms with Crippen molar-refractivity contribution in [2.45, 2.75) is 11.3 Å². The van der Waals surface area contributed by atoms with Crippen LogP contribution in [0.1, 0.15) is 0 Å². The zero-order valence-corrected chi connectivity index (χ0v) is 6.75. The van der Waals surface area contributed by atoms with Gasteiger partial charge in [-0.2, -0.15) is 0 Å². The molecule has 1 aromatic rings. The summed E-state index contributed by atoms with van der Waals surface area (Å²) in [5.41, 5.74) is 5.20. The molecule has 0 unspecified atom stereocenters. The fraction of sp³-hybridized carbons (Fsp3) is 0.500. The molecule has 1 aromatic heterocycles. The van der Waals surface area contributed by atoms with Crippen molar-refractivity contribution in [3.05, 3.63) is 12.5 Å². The predicted octanol–water partition coefficient (Wildman–Crippen LogP) is 0.0863.